The summed E-state index contributed by atoms with van der Waals surface area (Å²) in [6, 6.07) is 9.55. The zero-order valence-electron chi connectivity index (χ0n) is 24.2. The smallest absolute Gasteiger partial charge is 0.324 e. The largest absolute Gasteiger partial charge is 0.465 e. The van der Waals surface area contributed by atoms with Crippen molar-refractivity contribution in [2.75, 3.05) is 26.5 Å². The molecule has 13 heteroatoms. The lowest BCUT2D eigenvalue weighted by molar-refractivity contribution is -0.142. The number of hydrogen-bond donors (Lipinski definition) is 2. The number of pyridine rings is 1. The van der Waals surface area contributed by atoms with Gasteiger partial charge >= 0.3 is 5.97 Å². The van der Waals surface area contributed by atoms with Gasteiger partial charge in [-0.05, 0) is 57.1 Å². The predicted molar refractivity (Wildman–Crippen MR) is 160 cm³/mol. The molecule has 1 saturated carbocycles. The van der Waals surface area contributed by atoms with E-state index >= 15 is 0 Å². The van der Waals surface area contributed by atoms with E-state index in [2.05, 4.69) is 5.32 Å². The number of furan rings is 1. The summed E-state index contributed by atoms with van der Waals surface area (Å²) < 4.78 is 59.0. The topological polar surface area (TPSA) is 156 Å². The van der Waals surface area contributed by atoms with Crippen LogP contribution in [0, 0.1) is 6.92 Å². The Morgan fingerprint density at radius 3 is 2.50 bits per heavy atom. The molecular formula is C29H37N3O8S2. The minimum atomic E-state index is -3.66. The Balaban J connectivity index is 1.60. The standard InChI is InChI=1S/C29H37N3O8S2/c1-5-39-29(34)24(42(4,37)38)8-6-7-15-32(41(35)36)17-23-21(19-13-14-19)16-22-25(27(33)30-3)26(40-28(22)31-23)20-11-9-18(2)10-12-20/h9-12,16,19,24H,5-8,13-15,17H2,1-4H3,(H,30,33)(H,35,36). The maximum absolute atomic E-state index is 13.0. The van der Waals surface area contributed by atoms with Crippen LogP contribution in [0.25, 0.3) is 22.4 Å². The van der Waals surface area contributed by atoms with E-state index in [0.29, 0.717) is 35.2 Å². The number of hydrogen-bond acceptors (Lipinski definition) is 8. The lowest BCUT2D eigenvalue weighted by Crippen LogP contribution is -2.32. The minimum Gasteiger partial charge on any atom is -0.465 e. The van der Waals surface area contributed by atoms with Gasteiger partial charge < -0.3 is 14.5 Å². The quantitative estimate of drug-likeness (QED) is 0.154. The van der Waals surface area contributed by atoms with E-state index in [1.54, 1.807) is 14.0 Å². The highest BCUT2D eigenvalue weighted by atomic mass is 32.2. The Bertz CT molecular complexity index is 1580. The number of sulfone groups is 1. The fourth-order valence-electron chi connectivity index (χ4n) is 4.95. The van der Waals surface area contributed by atoms with Crippen LogP contribution in [0.4, 0.5) is 0 Å². The highest BCUT2D eigenvalue weighted by Crippen LogP contribution is 2.44. The van der Waals surface area contributed by atoms with Crippen LogP contribution in [0.5, 0.6) is 0 Å². The molecule has 2 unspecified atom stereocenters. The Labute approximate surface area is 248 Å². The number of carbonyl (C=O) groups excluding carboxylic acids is 2. The van der Waals surface area contributed by atoms with Crippen molar-refractivity contribution in [1.29, 1.82) is 0 Å². The second-order valence-corrected chi connectivity index (χ2v) is 13.8. The molecule has 0 saturated heterocycles. The molecule has 4 rings (SSSR count). The molecule has 1 fully saturated rings. The molecule has 1 aromatic carbocycles. The first-order chi connectivity index (χ1) is 19.9. The van der Waals surface area contributed by atoms with Crippen molar-refractivity contribution in [2.45, 2.75) is 63.7 Å². The third-order valence-electron chi connectivity index (χ3n) is 7.32. The van der Waals surface area contributed by atoms with Gasteiger partial charge in [0.25, 0.3) is 5.91 Å². The van der Waals surface area contributed by atoms with Crippen LogP contribution in [0.15, 0.2) is 34.7 Å². The van der Waals surface area contributed by atoms with Crippen LogP contribution in [0.1, 0.15) is 72.1 Å². The molecule has 1 aliphatic rings. The van der Waals surface area contributed by atoms with Crippen molar-refractivity contribution in [3.05, 3.63) is 52.7 Å². The van der Waals surface area contributed by atoms with E-state index in [1.807, 2.05) is 37.3 Å². The molecule has 2 aromatic heterocycles. The van der Waals surface area contributed by atoms with Crippen molar-refractivity contribution in [2.24, 2.45) is 0 Å². The first-order valence-electron chi connectivity index (χ1n) is 13.9. The van der Waals surface area contributed by atoms with Crippen molar-refractivity contribution in [3.8, 4) is 11.3 Å². The van der Waals surface area contributed by atoms with Crippen molar-refractivity contribution < 1.29 is 35.9 Å². The summed E-state index contributed by atoms with van der Waals surface area (Å²) in [5, 5.41) is 2.00. The summed E-state index contributed by atoms with van der Waals surface area (Å²) in [6.07, 6.45) is 3.65. The lowest BCUT2D eigenvalue weighted by atomic mass is 10.0. The number of aryl methyl sites for hydroxylation is 1. The third kappa shape index (κ3) is 7.44. The number of fused-ring (bicyclic) bond motifs is 1. The molecule has 0 bridgehead atoms. The molecular weight excluding hydrogens is 582 g/mol. The minimum absolute atomic E-state index is 0.0497. The monoisotopic (exact) mass is 619 g/mol. The fraction of sp³-hybridized carbons (Fsp3) is 0.483. The second-order valence-electron chi connectivity index (χ2n) is 10.6. The Morgan fingerprint density at radius 1 is 1.24 bits per heavy atom. The van der Waals surface area contributed by atoms with Gasteiger partial charge in [-0.15, -0.1) is 0 Å². The number of unbranched alkanes of at least 4 members (excludes halogenated alkanes) is 1. The van der Waals surface area contributed by atoms with Crippen LogP contribution in [0.3, 0.4) is 0 Å². The summed E-state index contributed by atoms with van der Waals surface area (Å²) in [7, 11) is -2.10. The first kappa shape index (κ1) is 31.8. The number of amides is 1. The maximum Gasteiger partial charge on any atom is 0.324 e. The van der Waals surface area contributed by atoms with E-state index in [4.69, 9.17) is 14.1 Å². The number of rotatable bonds is 14. The van der Waals surface area contributed by atoms with E-state index in [9.17, 15) is 26.8 Å². The van der Waals surface area contributed by atoms with E-state index < -0.39 is 32.3 Å². The normalized spacial score (nSPS) is 15.1. The molecule has 42 heavy (non-hydrogen) atoms. The maximum atomic E-state index is 13.0. The van der Waals surface area contributed by atoms with E-state index in [0.717, 1.165) is 35.8 Å². The number of ether oxygens (including phenoxy) is 1. The van der Waals surface area contributed by atoms with Gasteiger partial charge in [-0.1, -0.05) is 36.2 Å². The Hall–Kier alpha value is -3.13. The average Bonchev–Trinajstić information content (AvgIpc) is 3.71. The fourth-order valence-corrected chi connectivity index (χ4v) is 6.48. The molecule has 2 atom stereocenters. The number of benzene rings is 1. The molecule has 0 aliphatic heterocycles. The van der Waals surface area contributed by atoms with Gasteiger partial charge in [-0.3, -0.25) is 14.1 Å². The van der Waals surface area contributed by atoms with Crippen molar-refractivity contribution >= 4 is 44.1 Å². The van der Waals surface area contributed by atoms with Gasteiger partial charge in [-0.2, -0.15) is 4.31 Å². The third-order valence-corrected chi connectivity index (χ3v) is 9.53. The highest BCUT2D eigenvalue weighted by molar-refractivity contribution is 7.92. The number of aromatic nitrogens is 1. The zero-order valence-corrected chi connectivity index (χ0v) is 25.8. The summed E-state index contributed by atoms with van der Waals surface area (Å²) in [4.78, 5) is 29.9. The van der Waals surface area contributed by atoms with Crippen molar-refractivity contribution in [3.63, 3.8) is 0 Å². The molecule has 228 valence electrons. The van der Waals surface area contributed by atoms with Gasteiger partial charge in [0.15, 0.2) is 15.1 Å². The average molecular weight is 620 g/mol. The van der Waals surface area contributed by atoms with Crippen LogP contribution in [-0.2, 0) is 37.2 Å². The summed E-state index contributed by atoms with van der Waals surface area (Å²) >= 11 is -2.33. The molecule has 0 radical (unpaired) electrons. The van der Waals surface area contributed by atoms with Gasteiger partial charge in [0.2, 0.25) is 17.0 Å². The summed E-state index contributed by atoms with van der Waals surface area (Å²) in [5.41, 5.74) is 3.94. The Kier molecular flexibility index (Phi) is 10.2. The van der Waals surface area contributed by atoms with Gasteiger partial charge in [-0.25, -0.2) is 17.6 Å². The van der Waals surface area contributed by atoms with Crippen LogP contribution >= 0.6 is 0 Å². The predicted octanol–water partition coefficient (Wildman–Crippen LogP) is 4.13. The number of esters is 1. The molecule has 11 nitrogen and oxygen atoms in total. The molecule has 1 amide bonds. The zero-order chi connectivity index (χ0) is 30.6. The van der Waals surface area contributed by atoms with Gasteiger partial charge in [0.1, 0.15) is 5.76 Å². The molecule has 2 N–H and O–H groups in total. The summed E-state index contributed by atoms with van der Waals surface area (Å²) in [5.74, 6) is -0.454. The van der Waals surface area contributed by atoms with Crippen molar-refractivity contribution in [1.82, 2.24) is 14.6 Å². The van der Waals surface area contributed by atoms with Gasteiger partial charge in [0, 0.05) is 25.4 Å². The lowest BCUT2D eigenvalue weighted by Gasteiger charge is -2.19. The SMILES string of the molecule is CCOC(=O)C(CCCCN(Cc1nc2oc(-c3ccc(C)cc3)c(C(=O)NC)c2cc1C1CC1)S(=O)O)S(C)(=O)=O. The van der Waals surface area contributed by atoms with Crippen LogP contribution < -0.4 is 5.32 Å². The summed E-state index contributed by atoms with van der Waals surface area (Å²) in [6.45, 7) is 3.88. The number of carbonyl (C=O) groups is 2. The highest BCUT2D eigenvalue weighted by Gasteiger charge is 2.32. The molecule has 1 aliphatic carbocycles. The van der Waals surface area contributed by atoms with Gasteiger partial charge in [0.05, 0.1) is 29.8 Å². The van der Waals surface area contributed by atoms with E-state index in [1.165, 1.54) is 4.31 Å². The van der Waals surface area contributed by atoms with Crippen LogP contribution in [-0.4, -0.2) is 70.1 Å². The second kappa shape index (κ2) is 13.4. The molecule has 2 heterocycles. The number of nitrogens with one attached hydrogen (secondary N) is 1. The van der Waals surface area contributed by atoms with Crippen LogP contribution in [0.2, 0.25) is 0 Å². The molecule has 0 spiro atoms. The van der Waals surface area contributed by atoms with E-state index in [-0.39, 0.29) is 43.7 Å². The Morgan fingerprint density at radius 2 is 1.93 bits per heavy atom. The molecule has 3 aromatic rings. The number of nitrogens with zero attached hydrogens (tertiary/aromatic N) is 2. The first-order valence-corrected chi connectivity index (χ1v) is 16.9.